The Morgan fingerprint density at radius 1 is 1.33 bits per heavy atom. The standard InChI is InChI=1S/C10H11BrCl2N2/c11-9-6-14-4-5-15(9)10-7(12)2-1-3-8(10)13/h1-3,9,14H,4-6H2. The van der Waals surface area contributed by atoms with E-state index in [4.69, 9.17) is 23.2 Å². The molecule has 0 saturated carbocycles. The van der Waals surface area contributed by atoms with Gasteiger partial charge in [-0.05, 0) is 12.1 Å². The minimum Gasteiger partial charge on any atom is -0.354 e. The molecule has 0 aromatic heterocycles. The summed E-state index contributed by atoms with van der Waals surface area (Å²) in [5, 5.41) is 4.70. The Balaban J connectivity index is 2.35. The van der Waals surface area contributed by atoms with Gasteiger partial charge in [0, 0.05) is 19.6 Å². The highest BCUT2D eigenvalue weighted by Crippen LogP contribution is 2.35. The molecule has 0 aliphatic carbocycles. The third-order valence-electron chi connectivity index (χ3n) is 2.41. The molecule has 0 bridgehead atoms. The van der Waals surface area contributed by atoms with Gasteiger partial charge in [-0.15, -0.1) is 0 Å². The van der Waals surface area contributed by atoms with Gasteiger partial charge in [0.1, 0.15) is 0 Å². The lowest BCUT2D eigenvalue weighted by molar-refractivity contribution is 0.569. The van der Waals surface area contributed by atoms with Gasteiger partial charge in [-0.2, -0.15) is 0 Å². The normalized spacial score (nSPS) is 21.8. The average molecular weight is 310 g/mol. The van der Waals surface area contributed by atoms with Crippen LogP contribution in [0.1, 0.15) is 0 Å². The smallest absolute Gasteiger partial charge is 0.0971 e. The van der Waals surface area contributed by atoms with Gasteiger partial charge in [-0.3, -0.25) is 0 Å². The van der Waals surface area contributed by atoms with Gasteiger partial charge in [0.2, 0.25) is 0 Å². The van der Waals surface area contributed by atoms with Crippen LogP contribution in [-0.4, -0.2) is 24.6 Å². The van der Waals surface area contributed by atoms with Gasteiger partial charge in [0.25, 0.3) is 0 Å². The number of piperazine rings is 1. The van der Waals surface area contributed by atoms with Gasteiger partial charge in [0.05, 0.1) is 20.7 Å². The predicted octanol–water partition coefficient (Wildman–Crippen LogP) is 3.12. The molecule has 2 rings (SSSR count). The number of benzene rings is 1. The topological polar surface area (TPSA) is 15.3 Å². The fourth-order valence-electron chi connectivity index (χ4n) is 1.69. The van der Waals surface area contributed by atoms with Crippen molar-refractivity contribution in [3.05, 3.63) is 28.2 Å². The van der Waals surface area contributed by atoms with Gasteiger partial charge in [0.15, 0.2) is 0 Å². The molecule has 1 aliphatic rings. The zero-order chi connectivity index (χ0) is 10.8. The molecule has 1 aliphatic heterocycles. The van der Waals surface area contributed by atoms with Crippen molar-refractivity contribution in [1.29, 1.82) is 0 Å². The lowest BCUT2D eigenvalue weighted by Gasteiger charge is -2.35. The van der Waals surface area contributed by atoms with Crippen LogP contribution >= 0.6 is 39.1 Å². The van der Waals surface area contributed by atoms with Gasteiger partial charge in [-0.25, -0.2) is 0 Å². The first-order valence-electron chi connectivity index (χ1n) is 4.75. The van der Waals surface area contributed by atoms with Crippen LogP contribution in [0.25, 0.3) is 0 Å². The lowest BCUT2D eigenvalue weighted by atomic mass is 10.2. The maximum absolute atomic E-state index is 6.16. The van der Waals surface area contributed by atoms with E-state index in [0.717, 1.165) is 25.3 Å². The Bertz CT molecular complexity index is 339. The molecule has 2 nitrogen and oxygen atoms in total. The van der Waals surface area contributed by atoms with E-state index in [2.05, 4.69) is 26.1 Å². The maximum atomic E-state index is 6.16. The van der Waals surface area contributed by atoms with Crippen molar-refractivity contribution >= 4 is 44.8 Å². The number of nitrogens with zero attached hydrogens (tertiary/aromatic N) is 1. The first-order valence-corrected chi connectivity index (χ1v) is 6.43. The average Bonchev–Trinajstić information content (AvgIpc) is 2.20. The number of alkyl halides is 1. The Morgan fingerprint density at radius 3 is 2.60 bits per heavy atom. The van der Waals surface area contributed by atoms with E-state index in [1.54, 1.807) is 0 Å². The molecule has 1 heterocycles. The van der Waals surface area contributed by atoms with E-state index in [9.17, 15) is 0 Å². The minimum atomic E-state index is 0.239. The summed E-state index contributed by atoms with van der Waals surface area (Å²) in [7, 11) is 0. The summed E-state index contributed by atoms with van der Waals surface area (Å²) >= 11 is 15.9. The third-order valence-corrected chi connectivity index (χ3v) is 3.83. The van der Waals surface area contributed by atoms with Crippen LogP contribution in [0.15, 0.2) is 18.2 Å². The maximum Gasteiger partial charge on any atom is 0.0971 e. The number of hydrogen-bond acceptors (Lipinski definition) is 2. The second-order valence-electron chi connectivity index (χ2n) is 3.40. The SMILES string of the molecule is Clc1cccc(Cl)c1N1CCNCC1Br. The molecule has 1 N–H and O–H groups in total. The summed E-state index contributed by atoms with van der Waals surface area (Å²) in [6.07, 6.45) is 0. The first-order chi connectivity index (χ1) is 7.20. The summed E-state index contributed by atoms with van der Waals surface area (Å²) < 4.78 is 0. The molecule has 1 fully saturated rings. The zero-order valence-corrected chi connectivity index (χ0v) is 11.1. The Morgan fingerprint density at radius 2 is 2.00 bits per heavy atom. The van der Waals surface area contributed by atoms with Crippen LogP contribution in [0.3, 0.4) is 0 Å². The zero-order valence-electron chi connectivity index (χ0n) is 8.01. The van der Waals surface area contributed by atoms with Crippen LogP contribution in [0, 0.1) is 0 Å². The van der Waals surface area contributed by atoms with Crippen molar-refractivity contribution in [3.63, 3.8) is 0 Å². The van der Waals surface area contributed by atoms with Crippen molar-refractivity contribution in [2.75, 3.05) is 24.5 Å². The summed E-state index contributed by atoms with van der Waals surface area (Å²) in [4.78, 5) is 2.42. The number of rotatable bonds is 1. The van der Waals surface area contributed by atoms with E-state index in [-0.39, 0.29) is 4.95 Å². The molecule has 82 valence electrons. The number of hydrogen-bond donors (Lipinski definition) is 1. The molecule has 1 unspecified atom stereocenters. The van der Waals surface area contributed by atoms with E-state index in [1.807, 2.05) is 18.2 Å². The summed E-state index contributed by atoms with van der Waals surface area (Å²) in [6, 6.07) is 5.59. The van der Waals surface area contributed by atoms with Crippen LogP contribution in [0.5, 0.6) is 0 Å². The van der Waals surface area contributed by atoms with Crippen LogP contribution < -0.4 is 10.2 Å². The molecule has 0 amide bonds. The molecule has 1 saturated heterocycles. The van der Waals surface area contributed by atoms with E-state index in [1.165, 1.54) is 0 Å². The Kier molecular flexibility index (Phi) is 3.78. The molecule has 1 aromatic carbocycles. The minimum absolute atomic E-state index is 0.239. The molecule has 1 atom stereocenters. The second-order valence-corrected chi connectivity index (χ2v) is 5.27. The van der Waals surface area contributed by atoms with Crippen molar-refractivity contribution < 1.29 is 0 Å². The molecule has 1 aromatic rings. The highest BCUT2D eigenvalue weighted by atomic mass is 79.9. The molecule has 0 radical (unpaired) electrons. The predicted molar refractivity (Wildman–Crippen MR) is 69.4 cm³/mol. The van der Waals surface area contributed by atoms with Gasteiger partial charge >= 0.3 is 0 Å². The molecular weight excluding hydrogens is 299 g/mol. The summed E-state index contributed by atoms with van der Waals surface area (Å²) in [5.41, 5.74) is 0.921. The van der Waals surface area contributed by atoms with Crippen molar-refractivity contribution in [1.82, 2.24) is 5.32 Å². The van der Waals surface area contributed by atoms with Crippen LogP contribution in [0.4, 0.5) is 5.69 Å². The van der Waals surface area contributed by atoms with Crippen LogP contribution in [0.2, 0.25) is 10.0 Å². The van der Waals surface area contributed by atoms with E-state index in [0.29, 0.717) is 10.0 Å². The van der Waals surface area contributed by atoms with Gasteiger partial charge < -0.3 is 10.2 Å². The quantitative estimate of drug-likeness (QED) is 0.633. The van der Waals surface area contributed by atoms with Gasteiger partial charge in [-0.1, -0.05) is 45.2 Å². The highest BCUT2D eigenvalue weighted by Gasteiger charge is 2.23. The summed E-state index contributed by atoms with van der Waals surface area (Å²) in [6.45, 7) is 2.74. The number of halogens is 3. The monoisotopic (exact) mass is 308 g/mol. The Labute approximate surface area is 108 Å². The molecule has 5 heteroatoms. The Hall–Kier alpha value is 0.0400. The number of para-hydroxylation sites is 1. The van der Waals surface area contributed by atoms with E-state index >= 15 is 0 Å². The van der Waals surface area contributed by atoms with Crippen molar-refractivity contribution in [2.45, 2.75) is 4.95 Å². The summed E-state index contributed by atoms with van der Waals surface area (Å²) in [5.74, 6) is 0. The van der Waals surface area contributed by atoms with E-state index < -0.39 is 0 Å². The fraction of sp³-hybridized carbons (Fsp3) is 0.400. The molecular formula is C10H11BrCl2N2. The second kappa shape index (κ2) is 4.91. The first kappa shape index (κ1) is 11.5. The highest BCUT2D eigenvalue weighted by molar-refractivity contribution is 9.09. The largest absolute Gasteiger partial charge is 0.354 e. The van der Waals surface area contributed by atoms with Crippen LogP contribution in [-0.2, 0) is 0 Å². The number of nitrogens with one attached hydrogen (secondary N) is 1. The molecule has 0 spiro atoms. The van der Waals surface area contributed by atoms with Crippen molar-refractivity contribution in [3.8, 4) is 0 Å². The lowest BCUT2D eigenvalue weighted by Crippen LogP contribution is -2.48. The fourth-order valence-corrected chi connectivity index (χ4v) is 2.94. The molecule has 15 heavy (non-hydrogen) atoms. The number of anilines is 1. The third kappa shape index (κ3) is 2.41. The van der Waals surface area contributed by atoms with Crippen molar-refractivity contribution in [2.24, 2.45) is 0 Å².